The molecule has 64 valence electrons. The van der Waals surface area contributed by atoms with Crippen molar-refractivity contribution in [3.63, 3.8) is 0 Å². The molecule has 0 heterocycles. The van der Waals surface area contributed by atoms with Crippen molar-refractivity contribution in [2.75, 3.05) is 5.73 Å². The summed E-state index contributed by atoms with van der Waals surface area (Å²) in [5.41, 5.74) is 3.51. The van der Waals surface area contributed by atoms with Crippen molar-refractivity contribution in [2.45, 2.75) is 0 Å². The maximum atomic E-state index is 12.8. The predicted molar refractivity (Wildman–Crippen MR) is 37.7 cm³/mol. The highest BCUT2D eigenvalue weighted by Crippen LogP contribution is 2.18. The van der Waals surface area contributed by atoms with Gasteiger partial charge in [-0.3, -0.25) is 0 Å². The van der Waals surface area contributed by atoms with Gasteiger partial charge in [0.25, 0.3) is 0 Å². The van der Waals surface area contributed by atoms with Crippen molar-refractivity contribution in [1.29, 1.82) is 0 Å². The monoisotopic (exact) mass is 173 g/mol. The van der Waals surface area contributed by atoms with E-state index in [0.29, 0.717) is 0 Å². The van der Waals surface area contributed by atoms with Gasteiger partial charge in [0.05, 0.1) is 5.56 Å². The Labute approximate surface area is 66.4 Å². The number of carboxylic acid groups (broad SMARTS) is 1. The second-order valence-electron chi connectivity index (χ2n) is 2.13. The molecular formula is C7H5F2NO2. The summed E-state index contributed by atoms with van der Waals surface area (Å²) in [6.45, 7) is 0. The van der Waals surface area contributed by atoms with Gasteiger partial charge in [0.1, 0.15) is 11.5 Å². The van der Waals surface area contributed by atoms with Crippen LogP contribution in [0.1, 0.15) is 10.4 Å². The third kappa shape index (κ3) is 1.20. The molecule has 0 saturated carbocycles. The average molecular weight is 173 g/mol. The summed E-state index contributed by atoms with van der Waals surface area (Å²) < 4.78 is 25.2. The molecule has 1 aromatic carbocycles. The summed E-state index contributed by atoms with van der Waals surface area (Å²) in [7, 11) is 0. The number of nitrogen functional groups attached to an aromatic ring is 1. The van der Waals surface area contributed by atoms with Gasteiger partial charge in [-0.25, -0.2) is 13.6 Å². The molecule has 0 bridgehead atoms. The molecule has 0 saturated heterocycles. The standard InChI is InChI=1S/C7H5F2NO2/c8-4-2-1-3(7(11)12)5(9)6(4)10/h1-2H,10H2,(H,11,12). The maximum Gasteiger partial charge on any atom is 0.338 e. The number of aromatic carboxylic acids is 1. The van der Waals surface area contributed by atoms with Gasteiger partial charge in [0, 0.05) is 0 Å². The molecular weight excluding hydrogens is 168 g/mol. The van der Waals surface area contributed by atoms with Gasteiger partial charge in [-0.2, -0.15) is 0 Å². The van der Waals surface area contributed by atoms with Gasteiger partial charge in [-0.1, -0.05) is 0 Å². The van der Waals surface area contributed by atoms with Gasteiger partial charge in [-0.15, -0.1) is 0 Å². The normalized spacial score (nSPS) is 9.83. The van der Waals surface area contributed by atoms with Crippen LogP contribution in [-0.2, 0) is 0 Å². The Morgan fingerprint density at radius 2 is 2.00 bits per heavy atom. The van der Waals surface area contributed by atoms with Crippen molar-refractivity contribution in [3.05, 3.63) is 29.3 Å². The first-order chi connectivity index (χ1) is 5.54. The Hall–Kier alpha value is -1.65. The number of hydrogen-bond donors (Lipinski definition) is 2. The summed E-state index contributed by atoms with van der Waals surface area (Å²) >= 11 is 0. The average Bonchev–Trinajstić information content (AvgIpc) is 2.00. The highest BCUT2D eigenvalue weighted by molar-refractivity contribution is 5.89. The Morgan fingerprint density at radius 1 is 1.42 bits per heavy atom. The molecule has 5 heteroatoms. The summed E-state index contributed by atoms with van der Waals surface area (Å²) in [6.07, 6.45) is 0. The summed E-state index contributed by atoms with van der Waals surface area (Å²) in [6, 6.07) is 1.63. The fourth-order valence-electron chi connectivity index (χ4n) is 0.735. The number of carboxylic acids is 1. The highest BCUT2D eigenvalue weighted by atomic mass is 19.1. The lowest BCUT2D eigenvalue weighted by Crippen LogP contribution is -2.05. The fourth-order valence-corrected chi connectivity index (χ4v) is 0.735. The minimum atomic E-state index is -1.47. The highest BCUT2D eigenvalue weighted by Gasteiger charge is 2.15. The molecule has 3 N–H and O–H groups in total. The quantitative estimate of drug-likeness (QED) is 0.628. The van der Waals surface area contributed by atoms with Crippen LogP contribution in [-0.4, -0.2) is 11.1 Å². The third-order valence-electron chi connectivity index (χ3n) is 1.36. The van der Waals surface area contributed by atoms with Crippen LogP contribution in [0.2, 0.25) is 0 Å². The molecule has 0 aliphatic heterocycles. The second kappa shape index (κ2) is 2.77. The van der Waals surface area contributed by atoms with Crippen LogP contribution in [0.5, 0.6) is 0 Å². The van der Waals surface area contributed by atoms with Crippen LogP contribution in [0.25, 0.3) is 0 Å². The van der Waals surface area contributed by atoms with Gasteiger partial charge in [-0.05, 0) is 12.1 Å². The number of nitrogens with two attached hydrogens (primary N) is 1. The molecule has 0 spiro atoms. The van der Waals surface area contributed by atoms with Crippen molar-refractivity contribution in [1.82, 2.24) is 0 Å². The fraction of sp³-hybridized carbons (Fsp3) is 0. The Morgan fingerprint density at radius 3 is 2.50 bits per heavy atom. The van der Waals surface area contributed by atoms with E-state index in [1.54, 1.807) is 0 Å². The van der Waals surface area contributed by atoms with Crippen LogP contribution < -0.4 is 5.73 Å². The first-order valence-corrected chi connectivity index (χ1v) is 3.01. The number of benzene rings is 1. The van der Waals surface area contributed by atoms with E-state index in [2.05, 4.69) is 0 Å². The lowest BCUT2D eigenvalue weighted by molar-refractivity contribution is 0.0692. The zero-order valence-corrected chi connectivity index (χ0v) is 5.84. The predicted octanol–water partition coefficient (Wildman–Crippen LogP) is 1.25. The van der Waals surface area contributed by atoms with Crippen LogP contribution in [0.4, 0.5) is 14.5 Å². The van der Waals surface area contributed by atoms with Crippen LogP contribution in [0.15, 0.2) is 12.1 Å². The van der Waals surface area contributed by atoms with E-state index < -0.39 is 28.9 Å². The Balaban J connectivity index is 3.36. The summed E-state index contributed by atoms with van der Waals surface area (Å²) in [5, 5.41) is 8.36. The molecule has 0 unspecified atom stereocenters. The van der Waals surface area contributed by atoms with E-state index in [9.17, 15) is 13.6 Å². The number of rotatable bonds is 1. The van der Waals surface area contributed by atoms with Gasteiger partial charge >= 0.3 is 5.97 Å². The largest absolute Gasteiger partial charge is 0.478 e. The lowest BCUT2D eigenvalue weighted by Gasteiger charge is -2.00. The van der Waals surface area contributed by atoms with E-state index in [-0.39, 0.29) is 0 Å². The van der Waals surface area contributed by atoms with Gasteiger partial charge < -0.3 is 10.8 Å². The van der Waals surface area contributed by atoms with E-state index in [1.165, 1.54) is 0 Å². The molecule has 0 aliphatic carbocycles. The zero-order chi connectivity index (χ0) is 9.30. The topological polar surface area (TPSA) is 63.3 Å². The van der Waals surface area contributed by atoms with Crippen molar-refractivity contribution in [2.24, 2.45) is 0 Å². The summed E-state index contributed by atoms with van der Waals surface area (Å²) in [5.74, 6) is -3.67. The maximum absolute atomic E-state index is 12.8. The number of halogens is 2. The van der Waals surface area contributed by atoms with Crippen LogP contribution >= 0.6 is 0 Å². The van der Waals surface area contributed by atoms with Crippen LogP contribution in [0.3, 0.4) is 0 Å². The zero-order valence-electron chi connectivity index (χ0n) is 5.84. The SMILES string of the molecule is Nc1c(F)ccc(C(=O)O)c1F. The molecule has 0 fully saturated rings. The molecule has 3 nitrogen and oxygen atoms in total. The van der Waals surface area contributed by atoms with E-state index in [0.717, 1.165) is 12.1 Å². The molecule has 1 rings (SSSR count). The molecule has 0 radical (unpaired) electrons. The van der Waals surface area contributed by atoms with E-state index in [4.69, 9.17) is 10.8 Å². The third-order valence-corrected chi connectivity index (χ3v) is 1.36. The Kier molecular flexibility index (Phi) is 1.95. The first-order valence-electron chi connectivity index (χ1n) is 3.01. The van der Waals surface area contributed by atoms with E-state index >= 15 is 0 Å². The smallest absolute Gasteiger partial charge is 0.338 e. The molecule has 0 amide bonds. The Bertz CT molecular complexity index is 338. The number of carbonyl (C=O) groups is 1. The molecule has 0 atom stereocenters. The minimum Gasteiger partial charge on any atom is -0.478 e. The lowest BCUT2D eigenvalue weighted by atomic mass is 10.2. The molecule has 12 heavy (non-hydrogen) atoms. The van der Waals surface area contributed by atoms with Gasteiger partial charge in [0.15, 0.2) is 5.82 Å². The van der Waals surface area contributed by atoms with Crippen molar-refractivity contribution >= 4 is 11.7 Å². The van der Waals surface area contributed by atoms with Gasteiger partial charge in [0.2, 0.25) is 0 Å². The molecule has 0 aromatic heterocycles. The summed E-state index contributed by atoms with van der Waals surface area (Å²) in [4.78, 5) is 10.3. The van der Waals surface area contributed by atoms with Crippen molar-refractivity contribution in [3.8, 4) is 0 Å². The van der Waals surface area contributed by atoms with E-state index in [1.807, 2.05) is 0 Å². The van der Waals surface area contributed by atoms with Crippen molar-refractivity contribution < 1.29 is 18.7 Å². The second-order valence-corrected chi connectivity index (χ2v) is 2.13. The first kappa shape index (κ1) is 8.45. The molecule has 1 aromatic rings. The number of hydrogen-bond acceptors (Lipinski definition) is 2. The molecule has 0 aliphatic rings. The van der Waals surface area contributed by atoms with Crippen LogP contribution in [0, 0.1) is 11.6 Å². The number of anilines is 1. The minimum absolute atomic E-state index is 0.631.